The summed E-state index contributed by atoms with van der Waals surface area (Å²) in [6.45, 7) is 3.22. The highest BCUT2D eigenvalue weighted by Crippen LogP contribution is 2.28. The number of ether oxygens (including phenoxy) is 1. The number of pyridine rings is 1. The number of amides is 3. The van der Waals surface area contributed by atoms with Crippen LogP contribution in [0.5, 0.6) is 0 Å². The summed E-state index contributed by atoms with van der Waals surface area (Å²) in [7, 11) is 0. The second-order valence-corrected chi connectivity index (χ2v) is 6.64. The van der Waals surface area contributed by atoms with Gasteiger partial charge < -0.3 is 15.0 Å². The summed E-state index contributed by atoms with van der Waals surface area (Å²) in [6.07, 6.45) is 1.06. The van der Waals surface area contributed by atoms with E-state index in [-0.39, 0.29) is 24.3 Å². The van der Waals surface area contributed by atoms with Crippen molar-refractivity contribution >= 4 is 17.8 Å². The van der Waals surface area contributed by atoms with Crippen LogP contribution in [0.15, 0.2) is 48.7 Å². The lowest BCUT2D eigenvalue weighted by Crippen LogP contribution is -2.40. The minimum absolute atomic E-state index is 0.145. The smallest absolute Gasteiger partial charge is 0.410 e. The minimum atomic E-state index is -0.343. The molecule has 1 aromatic carbocycles. The quantitative estimate of drug-likeness (QED) is 0.921. The lowest BCUT2D eigenvalue weighted by Gasteiger charge is -2.22. The summed E-state index contributed by atoms with van der Waals surface area (Å²) in [4.78, 5) is 32.3. The molecule has 0 radical (unpaired) electrons. The first-order valence-electron chi connectivity index (χ1n) is 8.60. The molecule has 0 aliphatic carbocycles. The largest absolute Gasteiger partial charge is 0.442 e. The fourth-order valence-electron chi connectivity index (χ4n) is 3.36. The van der Waals surface area contributed by atoms with Gasteiger partial charge in [-0.05, 0) is 31.2 Å². The average Bonchev–Trinajstić information content (AvgIpc) is 3.17. The number of carbonyl (C=O) groups is 2. The number of aryl methyl sites for hydroxylation is 1. The van der Waals surface area contributed by atoms with E-state index in [0.717, 1.165) is 16.9 Å². The van der Waals surface area contributed by atoms with E-state index in [9.17, 15) is 9.59 Å². The lowest BCUT2D eigenvalue weighted by molar-refractivity contribution is 0.123. The molecular formula is C19H20N4O3. The third-order valence-electron chi connectivity index (χ3n) is 4.77. The Morgan fingerprint density at radius 2 is 2.04 bits per heavy atom. The van der Waals surface area contributed by atoms with Crippen LogP contribution in [0.1, 0.15) is 11.3 Å². The highest BCUT2D eigenvalue weighted by atomic mass is 16.6. The van der Waals surface area contributed by atoms with Crippen LogP contribution < -0.4 is 5.32 Å². The Morgan fingerprint density at radius 3 is 2.77 bits per heavy atom. The summed E-state index contributed by atoms with van der Waals surface area (Å²) >= 11 is 0. The molecule has 2 aliphatic rings. The van der Waals surface area contributed by atoms with Crippen molar-refractivity contribution in [3.05, 3.63) is 59.9 Å². The van der Waals surface area contributed by atoms with Gasteiger partial charge in [0.25, 0.3) is 0 Å². The number of rotatable bonds is 3. The number of benzene rings is 1. The SMILES string of the molecule is Cc1ccc(NC(=O)N2C[C@@H]3OC(=O)N(Cc4ccccn4)[C@@H]3C2)cc1. The minimum Gasteiger partial charge on any atom is -0.442 e. The summed E-state index contributed by atoms with van der Waals surface area (Å²) in [5, 5.41) is 2.89. The summed E-state index contributed by atoms with van der Waals surface area (Å²) in [6, 6.07) is 12.9. The first-order chi connectivity index (χ1) is 12.6. The molecule has 3 heterocycles. The fourth-order valence-corrected chi connectivity index (χ4v) is 3.36. The number of urea groups is 1. The maximum atomic E-state index is 12.5. The van der Waals surface area contributed by atoms with Crippen molar-refractivity contribution in [2.75, 3.05) is 18.4 Å². The normalized spacial score (nSPS) is 21.5. The number of fused-ring (bicyclic) bond motifs is 1. The molecule has 134 valence electrons. The lowest BCUT2D eigenvalue weighted by atomic mass is 10.2. The Kier molecular flexibility index (Phi) is 4.20. The predicted molar refractivity (Wildman–Crippen MR) is 95.6 cm³/mol. The van der Waals surface area contributed by atoms with E-state index in [0.29, 0.717) is 19.6 Å². The molecular weight excluding hydrogens is 332 g/mol. The number of carbonyl (C=O) groups excluding carboxylic acids is 2. The van der Waals surface area contributed by atoms with Crippen molar-refractivity contribution in [1.82, 2.24) is 14.8 Å². The third kappa shape index (κ3) is 3.20. The van der Waals surface area contributed by atoms with Crippen LogP contribution in [0.2, 0.25) is 0 Å². The highest BCUT2D eigenvalue weighted by Gasteiger charge is 2.48. The monoisotopic (exact) mass is 352 g/mol. The summed E-state index contributed by atoms with van der Waals surface area (Å²) in [5.74, 6) is 0. The molecule has 7 heteroatoms. The second kappa shape index (κ2) is 6.67. The van der Waals surface area contributed by atoms with Gasteiger partial charge in [0.05, 0.1) is 24.8 Å². The second-order valence-electron chi connectivity index (χ2n) is 6.64. The van der Waals surface area contributed by atoms with Gasteiger partial charge in [-0.25, -0.2) is 9.59 Å². The van der Waals surface area contributed by atoms with Gasteiger partial charge in [0.15, 0.2) is 0 Å². The number of anilines is 1. The third-order valence-corrected chi connectivity index (χ3v) is 4.77. The molecule has 0 unspecified atom stereocenters. The Bertz CT molecular complexity index is 809. The zero-order chi connectivity index (χ0) is 18.1. The van der Waals surface area contributed by atoms with Gasteiger partial charge >= 0.3 is 12.1 Å². The first kappa shape index (κ1) is 16.4. The molecule has 0 saturated carbocycles. The van der Waals surface area contributed by atoms with E-state index in [2.05, 4.69) is 10.3 Å². The Morgan fingerprint density at radius 1 is 1.23 bits per heavy atom. The van der Waals surface area contributed by atoms with Crippen molar-refractivity contribution in [2.45, 2.75) is 25.6 Å². The van der Waals surface area contributed by atoms with Crippen LogP contribution in [0.3, 0.4) is 0 Å². The molecule has 2 atom stereocenters. The molecule has 0 bridgehead atoms. The maximum Gasteiger partial charge on any atom is 0.410 e. The molecule has 4 rings (SSSR count). The first-order valence-corrected chi connectivity index (χ1v) is 8.60. The summed E-state index contributed by atoms with van der Waals surface area (Å²) in [5.41, 5.74) is 2.68. The zero-order valence-corrected chi connectivity index (χ0v) is 14.5. The molecule has 0 spiro atoms. The number of nitrogens with one attached hydrogen (secondary N) is 1. The maximum absolute atomic E-state index is 12.5. The molecule has 2 fully saturated rings. The van der Waals surface area contributed by atoms with Crippen molar-refractivity contribution in [3.63, 3.8) is 0 Å². The summed E-state index contributed by atoms with van der Waals surface area (Å²) < 4.78 is 5.45. The van der Waals surface area contributed by atoms with Crippen LogP contribution in [0.25, 0.3) is 0 Å². The standard InChI is InChI=1S/C19H20N4O3/c1-13-5-7-14(8-6-13)21-18(24)22-11-16-17(12-22)26-19(25)23(16)10-15-4-2-3-9-20-15/h2-9,16-17H,10-12H2,1H3,(H,21,24)/t16-,17+/m1/s1. The molecule has 2 aliphatic heterocycles. The van der Waals surface area contributed by atoms with Crippen molar-refractivity contribution in [3.8, 4) is 0 Å². The van der Waals surface area contributed by atoms with E-state index < -0.39 is 0 Å². The molecule has 3 amide bonds. The Balaban J connectivity index is 1.41. The van der Waals surface area contributed by atoms with Crippen LogP contribution in [-0.2, 0) is 11.3 Å². The van der Waals surface area contributed by atoms with E-state index >= 15 is 0 Å². The number of hydrogen-bond donors (Lipinski definition) is 1. The molecule has 2 aromatic rings. The predicted octanol–water partition coefficient (Wildman–Crippen LogP) is 2.63. The van der Waals surface area contributed by atoms with Gasteiger partial charge in [-0.2, -0.15) is 0 Å². The number of likely N-dealkylation sites (tertiary alicyclic amines) is 1. The highest BCUT2D eigenvalue weighted by molar-refractivity contribution is 5.89. The van der Waals surface area contributed by atoms with Crippen molar-refractivity contribution < 1.29 is 14.3 Å². The average molecular weight is 352 g/mol. The van der Waals surface area contributed by atoms with Gasteiger partial charge in [-0.1, -0.05) is 23.8 Å². The van der Waals surface area contributed by atoms with E-state index in [4.69, 9.17) is 4.74 Å². The topological polar surface area (TPSA) is 74.8 Å². The number of hydrogen-bond acceptors (Lipinski definition) is 4. The molecule has 26 heavy (non-hydrogen) atoms. The van der Waals surface area contributed by atoms with Gasteiger partial charge in [0.1, 0.15) is 6.10 Å². The zero-order valence-electron chi connectivity index (χ0n) is 14.5. The molecule has 1 N–H and O–H groups in total. The molecule has 7 nitrogen and oxygen atoms in total. The van der Waals surface area contributed by atoms with E-state index in [1.54, 1.807) is 16.0 Å². The van der Waals surface area contributed by atoms with E-state index in [1.807, 2.05) is 49.4 Å². The van der Waals surface area contributed by atoms with Gasteiger partial charge in [0.2, 0.25) is 0 Å². The van der Waals surface area contributed by atoms with Crippen LogP contribution in [0.4, 0.5) is 15.3 Å². The number of nitrogens with zero attached hydrogens (tertiary/aromatic N) is 3. The Labute approximate surface area is 151 Å². The van der Waals surface area contributed by atoms with Crippen molar-refractivity contribution in [1.29, 1.82) is 0 Å². The van der Waals surface area contributed by atoms with Crippen LogP contribution in [0, 0.1) is 6.92 Å². The molecule has 2 saturated heterocycles. The fraction of sp³-hybridized carbons (Fsp3) is 0.316. The van der Waals surface area contributed by atoms with Gasteiger partial charge in [0, 0.05) is 18.4 Å². The van der Waals surface area contributed by atoms with Crippen LogP contribution >= 0.6 is 0 Å². The van der Waals surface area contributed by atoms with Crippen LogP contribution in [-0.4, -0.2) is 52.1 Å². The van der Waals surface area contributed by atoms with Gasteiger partial charge in [-0.3, -0.25) is 9.88 Å². The Hall–Kier alpha value is -3.09. The molecule has 1 aromatic heterocycles. The number of aromatic nitrogens is 1. The van der Waals surface area contributed by atoms with Gasteiger partial charge in [-0.15, -0.1) is 0 Å². The van der Waals surface area contributed by atoms with E-state index in [1.165, 1.54) is 0 Å². The van der Waals surface area contributed by atoms with Crippen molar-refractivity contribution in [2.24, 2.45) is 0 Å².